The number of amides is 1. The number of hydrogen-bond donors (Lipinski definition) is 1. The van der Waals surface area contributed by atoms with Crippen molar-refractivity contribution in [1.29, 1.82) is 0 Å². The minimum atomic E-state index is -0.193. The average Bonchev–Trinajstić information content (AvgIpc) is 2.62. The Morgan fingerprint density at radius 3 is 2.64 bits per heavy atom. The van der Waals surface area contributed by atoms with E-state index in [1.807, 2.05) is 32.3 Å². The van der Waals surface area contributed by atoms with E-state index >= 15 is 0 Å². The summed E-state index contributed by atoms with van der Waals surface area (Å²) < 4.78 is 11.0. The van der Waals surface area contributed by atoms with Crippen molar-refractivity contribution < 1.29 is 14.3 Å². The Balaban J connectivity index is 1.72. The van der Waals surface area contributed by atoms with Gasteiger partial charge in [-0.2, -0.15) is 0 Å². The summed E-state index contributed by atoms with van der Waals surface area (Å²) in [7, 11) is 3.98. The number of nitrogens with one attached hydrogen (secondary N) is 1. The fourth-order valence-electron chi connectivity index (χ4n) is 2.81. The van der Waals surface area contributed by atoms with E-state index in [-0.39, 0.29) is 11.9 Å². The maximum atomic E-state index is 12.6. The van der Waals surface area contributed by atoms with Crippen molar-refractivity contribution in [3.8, 4) is 11.5 Å². The van der Waals surface area contributed by atoms with Gasteiger partial charge in [0.05, 0.1) is 11.1 Å². The average molecular weight is 361 g/mol. The number of nitrogens with zero attached hydrogens (tertiary/aromatic N) is 1. The van der Waals surface area contributed by atoms with Crippen LogP contribution in [0.4, 0.5) is 0 Å². The molecule has 6 heteroatoms. The third kappa shape index (κ3) is 4.06. The molecule has 0 bridgehead atoms. The van der Waals surface area contributed by atoms with Crippen LogP contribution in [0.1, 0.15) is 22.0 Å². The molecule has 1 aliphatic rings. The van der Waals surface area contributed by atoms with Crippen LogP contribution in [0.3, 0.4) is 0 Å². The predicted octanol–water partition coefficient (Wildman–Crippen LogP) is 3.14. The van der Waals surface area contributed by atoms with Crippen molar-refractivity contribution in [3.05, 3.63) is 58.6 Å². The number of hydrogen-bond acceptors (Lipinski definition) is 4. The van der Waals surface area contributed by atoms with E-state index in [0.29, 0.717) is 41.8 Å². The van der Waals surface area contributed by atoms with Crippen LogP contribution in [-0.2, 0) is 0 Å². The van der Waals surface area contributed by atoms with Crippen molar-refractivity contribution in [2.45, 2.75) is 6.04 Å². The van der Waals surface area contributed by atoms with Gasteiger partial charge in [-0.15, -0.1) is 0 Å². The molecule has 1 N–H and O–H groups in total. The number of rotatable bonds is 5. The third-order valence-corrected chi connectivity index (χ3v) is 4.40. The highest BCUT2D eigenvalue weighted by molar-refractivity contribution is 6.32. The Morgan fingerprint density at radius 2 is 1.92 bits per heavy atom. The van der Waals surface area contributed by atoms with Crippen molar-refractivity contribution in [1.82, 2.24) is 10.2 Å². The first kappa shape index (κ1) is 17.6. The summed E-state index contributed by atoms with van der Waals surface area (Å²) >= 11 is 6.21. The largest absolute Gasteiger partial charge is 0.486 e. The molecule has 2 aromatic rings. The lowest BCUT2D eigenvalue weighted by atomic mass is 10.1. The molecule has 0 aliphatic carbocycles. The highest BCUT2D eigenvalue weighted by Gasteiger charge is 2.20. The topological polar surface area (TPSA) is 50.8 Å². The minimum Gasteiger partial charge on any atom is -0.486 e. The lowest BCUT2D eigenvalue weighted by molar-refractivity contribution is 0.0940. The van der Waals surface area contributed by atoms with Crippen LogP contribution >= 0.6 is 11.6 Å². The Labute approximate surface area is 152 Å². The summed E-state index contributed by atoms with van der Waals surface area (Å²) in [6.45, 7) is 1.40. The van der Waals surface area contributed by atoms with Gasteiger partial charge in [0.2, 0.25) is 0 Å². The SMILES string of the molecule is CN(C)C(CNC(=O)c1cc(Cl)c2c(c1)OCCO2)c1ccccc1. The summed E-state index contributed by atoms with van der Waals surface area (Å²) in [5.74, 6) is 0.817. The molecule has 5 nitrogen and oxygen atoms in total. The molecule has 1 aliphatic heterocycles. The number of carbonyl (C=O) groups is 1. The van der Waals surface area contributed by atoms with E-state index < -0.39 is 0 Å². The van der Waals surface area contributed by atoms with Gasteiger partial charge in [-0.25, -0.2) is 0 Å². The molecule has 1 atom stereocenters. The normalized spacial score (nSPS) is 14.2. The standard InChI is InChI=1S/C19H21ClN2O3/c1-22(2)16(13-6-4-3-5-7-13)12-21-19(23)14-10-15(20)18-17(11-14)24-8-9-25-18/h3-7,10-11,16H,8-9,12H2,1-2H3,(H,21,23). The highest BCUT2D eigenvalue weighted by atomic mass is 35.5. The van der Waals surface area contributed by atoms with E-state index in [2.05, 4.69) is 22.3 Å². The van der Waals surface area contributed by atoms with Gasteiger partial charge in [0.1, 0.15) is 13.2 Å². The van der Waals surface area contributed by atoms with Gasteiger partial charge in [-0.05, 0) is 31.8 Å². The van der Waals surface area contributed by atoms with Crippen LogP contribution < -0.4 is 14.8 Å². The van der Waals surface area contributed by atoms with E-state index in [1.165, 1.54) is 0 Å². The Hall–Kier alpha value is -2.24. The molecule has 2 aromatic carbocycles. The maximum absolute atomic E-state index is 12.6. The van der Waals surface area contributed by atoms with Crippen molar-refractivity contribution in [2.75, 3.05) is 33.9 Å². The van der Waals surface area contributed by atoms with E-state index in [0.717, 1.165) is 5.56 Å². The molecule has 0 saturated carbocycles. The van der Waals surface area contributed by atoms with Crippen molar-refractivity contribution in [2.24, 2.45) is 0 Å². The lowest BCUT2D eigenvalue weighted by Crippen LogP contribution is -2.34. The maximum Gasteiger partial charge on any atom is 0.251 e. The number of carbonyl (C=O) groups excluding carboxylic acids is 1. The molecule has 1 amide bonds. The van der Waals surface area contributed by atoms with Gasteiger partial charge >= 0.3 is 0 Å². The number of fused-ring (bicyclic) bond motifs is 1. The van der Waals surface area contributed by atoms with Crippen LogP contribution in [0.25, 0.3) is 0 Å². The quantitative estimate of drug-likeness (QED) is 0.890. The summed E-state index contributed by atoms with van der Waals surface area (Å²) in [6, 6.07) is 13.4. The number of benzene rings is 2. The molecule has 0 fully saturated rings. The molecule has 3 rings (SSSR count). The van der Waals surface area contributed by atoms with Gasteiger partial charge in [-0.1, -0.05) is 41.9 Å². The zero-order valence-electron chi connectivity index (χ0n) is 14.3. The minimum absolute atomic E-state index is 0.0813. The fourth-order valence-corrected chi connectivity index (χ4v) is 3.07. The van der Waals surface area contributed by atoms with Gasteiger partial charge in [-0.3, -0.25) is 4.79 Å². The summed E-state index contributed by atoms with van der Waals surface area (Å²) in [6.07, 6.45) is 0. The molecule has 25 heavy (non-hydrogen) atoms. The molecule has 0 radical (unpaired) electrons. The smallest absolute Gasteiger partial charge is 0.251 e. The fraction of sp³-hybridized carbons (Fsp3) is 0.316. The second kappa shape index (κ2) is 7.76. The van der Waals surface area contributed by atoms with Crippen LogP contribution in [0.2, 0.25) is 5.02 Å². The van der Waals surface area contributed by atoms with E-state index in [1.54, 1.807) is 12.1 Å². The lowest BCUT2D eigenvalue weighted by Gasteiger charge is -2.25. The van der Waals surface area contributed by atoms with Gasteiger partial charge in [0, 0.05) is 12.1 Å². The Kier molecular flexibility index (Phi) is 5.46. The van der Waals surface area contributed by atoms with Crippen LogP contribution in [0.15, 0.2) is 42.5 Å². The number of ether oxygens (including phenoxy) is 2. The first-order chi connectivity index (χ1) is 12.1. The van der Waals surface area contributed by atoms with Crippen LogP contribution in [0.5, 0.6) is 11.5 Å². The highest BCUT2D eigenvalue weighted by Crippen LogP contribution is 2.38. The molecule has 1 heterocycles. The number of likely N-dealkylation sites (N-methyl/N-ethyl adjacent to an activating group) is 1. The van der Waals surface area contributed by atoms with Gasteiger partial charge < -0.3 is 19.7 Å². The molecule has 0 aromatic heterocycles. The monoisotopic (exact) mass is 360 g/mol. The molecular formula is C19H21ClN2O3. The zero-order chi connectivity index (χ0) is 17.8. The first-order valence-corrected chi connectivity index (χ1v) is 8.53. The predicted molar refractivity (Wildman–Crippen MR) is 97.6 cm³/mol. The Bertz CT molecular complexity index is 750. The van der Waals surface area contributed by atoms with Crippen LogP contribution in [0, 0.1) is 0 Å². The summed E-state index contributed by atoms with van der Waals surface area (Å²) in [5, 5.41) is 3.36. The third-order valence-electron chi connectivity index (χ3n) is 4.12. The summed E-state index contributed by atoms with van der Waals surface area (Å²) in [5.41, 5.74) is 1.60. The Morgan fingerprint density at radius 1 is 1.20 bits per heavy atom. The second-order valence-corrected chi connectivity index (χ2v) is 6.49. The molecule has 132 valence electrons. The number of halogens is 1. The molecule has 0 spiro atoms. The van der Waals surface area contributed by atoms with Crippen molar-refractivity contribution >= 4 is 17.5 Å². The zero-order valence-corrected chi connectivity index (χ0v) is 15.0. The van der Waals surface area contributed by atoms with Gasteiger partial charge in [0.15, 0.2) is 11.5 Å². The molecule has 0 saturated heterocycles. The molecular weight excluding hydrogens is 340 g/mol. The second-order valence-electron chi connectivity index (χ2n) is 6.08. The van der Waals surface area contributed by atoms with E-state index in [9.17, 15) is 4.79 Å². The first-order valence-electron chi connectivity index (χ1n) is 8.15. The summed E-state index contributed by atoms with van der Waals surface area (Å²) in [4.78, 5) is 14.6. The van der Waals surface area contributed by atoms with Gasteiger partial charge in [0.25, 0.3) is 5.91 Å². The van der Waals surface area contributed by atoms with Crippen LogP contribution in [-0.4, -0.2) is 44.7 Å². The molecule has 1 unspecified atom stereocenters. The van der Waals surface area contributed by atoms with E-state index in [4.69, 9.17) is 21.1 Å². The van der Waals surface area contributed by atoms with Crippen molar-refractivity contribution in [3.63, 3.8) is 0 Å².